The van der Waals surface area contributed by atoms with Crippen LogP contribution in [0.4, 0.5) is 11.4 Å². The number of carbonyl (C=O) groups is 1. The molecule has 0 unspecified atom stereocenters. The number of halogens is 1. The van der Waals surface area contributed by atoms with Gasteiger partial charge in [-0.05, 0) is 53.9 Å². The van der Waals surface area contributed by atoms with Crippen molar-refractivity contribution in [2.24, 2.45) is 10.2 Å². The number of rotatable bonds is 7. The molecule has 0 bridgehead atoms. The summed E-state index contributed by atoms with van der Waals surface area (Å²) in [4.78, 5) is 23.0. The second kappa shape index (κ2) is 11.3. The third-order valence-corrected chi connectivity index (χ3v) is 6.68. The fraction of sp³-hybridized carbons (Fsp3) is 0.100. The van der Waals surface area contributed by atoms with Gasteiger partial charge in [-0.15, -0.1) is 0 Å². The number of nitro benzene ring substituents is 1. The second-order valence-corrected chi connectivity index (χ2v) is 9.53. The lowest BCUT2D eigenvalue weighted by atomic mass is 9.98. The summed E-state index contributed by atoms with van der Waals surface area (Å²) in [5.41, 5.74) is 8.05. The van der Waals surface area contributed by atoms with Crippen molar-refractivity contribution in [2.75, 3.05) is 5.01 Å². The SMILES string of the molecule is Cc1ccc(C2=NN(c3ccc(/C=N\NC(=O)c4ccccc4[N+](=O)[O-])cc3)[C@H](c3ccc(Cl)cc3)C2)cc1. The third kappa shape index (κ3) is 5.86. The first-order valence-electron chi connectivity index (χ1n) is 12.2. The maximum atomic E-state index is 12.4. The zero-order chi connectivity index (χ0) is 27.4. The van der Waals surface area contributed by atoms with Crippen molar-refractivity contribution < 1.29 is 9.72 Å². The van der Waals surface area contributed by atoms with Crippen LogP contribution < -0.4 is 10.4 Å². The summed E-state index contributed by atoms with van der Waals surface area (Å²) in [6.07, 6.45) is 2.23. The number of hydrogen-bond donors (Lipinski definition) is 1. The van der Waals surface area contributed by atoms with Crippen molar-refractivity contribution in [2.45, 2.75) is 19.4 Å². The van der Waals surface area contributed by atoms with E-state index in [0.29, 0.717) is 5.02 Å². The molecule has 8 nitrogen and oxygen atoms in total. The van der Waals surface area contributed by atoms with Crippen LogP contribution in [-0.2, 0) is 0 Å². The standard InChI is InChI=1S/C30H24ClN5O3/c1-20-6-10-22(11-7-20)27-18-29(23-12-14-24(31)15-13-23)35(34-27)25-16-8-21(9-17-25)19-32-33-30(37)26-4-2-3-5-28(26)36(38)39/h2-17,19,29H,18H2,1H3,(H,33,37)/b32-19-/t29-/m0/s1. The molecule has 1 aliphatic rings. The molecule has 4 aromatic carbocycles. The molecule has 1 N–H and O–H groups in total. The summed E-state index contributed by atoms with van der Waals surface area (Å²) >= 11 is 6.14. The van der Waals surface area contributed by atoms with Crippen molar-refractivity contribution in [1.29, 1.82) is 0 Å². The number of hydrazone groups is 2. The number of anilines is 1. The lowest BCUT2D eigenvalue weighted by molar-refractivity contribution is -0.385. The van der Waals surface area contributed by atoms with Crippen molar-refractivity contribution in [3.8, 4) is 0 Å². The number of benzene rings is 4. The Labute approximate surface area is 230 Å². The number of para-hydroxylation sites is 1. The lowest BCUT2D eigenvalue weighted by Crippen LogP contribution is -2.19. The molecule has 0 aromatic heterocycles. The quantitative estimate of drug-likeness (QED) is 0.161. The molecule has 0 fully saturated rings. The van der Waals surface area contributed by atoms with Crippen LogP contribution in [0.15, 0.2) is 107 Å². The van der Waals surface area contributed by atoms with Gasteiger partial charge in [-0.1, -0.05) is 77.8 Å². The monoisotopic (exact) mass is 537 g/mol. The van der Waals surface area contributed by atoms with Crippen molar-refractivity contribution >= 4 is 40.8 Å². The van der Waals surface area contributed by atoms with Gasteiger partial charge in [0.15, 0.2) is 0 Å². The van der Waals surface area contributed by atoms with E-state index in [0.717, 1.165) is 34.5 Å². The summed E-state index contributed by atoms with van der Waals surface area (Å²) < 4.78 is 0. The van der Waals surface area contributed by atoms with Gasteiger partial charge in [-0.3, -0.25) is 19.9 Å². The van der Waals surface area contributed by atoms with Crippen molar-refractivity contribution in [1.82, 2.24) is 5.43 Å². The second-order valence-electron chi connectivity index (χ2n) is 9.09. The average Bonchev–Trinajstić information content (AvgIpc) is 3.39. The van der Waals surface area contributed by atoms with E-state index in [-0.39, 0.29) is 17.3 Å². The zero-order valence-corrected chi connectivity index (χ0v) is 21.7. The molecule has 0 saturated heterocycles. The molecule has 1 amide bonds. The molecule has 194 valence electrons. The van der Waals surface area contributed by atoms with E-state index in [2.05, 4.69) is 41.7 Å². The van der Waals surface area contributed by atoms with Crippen LogP contribution in [0.1, 0.15) is 45.1 Å². The van der Waals surface area contributed by atoms with Crippen LogP contribution in [0.3, 0.4) is 0 Å². The van der Waals surface area contributed by atoms with Crippen LogP contribution in [-0.4, -0.2) is 22.8 Å². The van der Waals surface area contributed by atoms with E-state index < -0.39 is 10.8 Å². The summed E-state index contributed by atoms with van der Waals surface area (Å²) in [5, 5.41) is 22.8. The Morgan fingerprint density at radius 1 is 1.03 bits per heavy atom. The third-order valence-electron chi connectivity index (χ3n) is 6.43. The molecule has 1 heterocycles. The van der Waals surface area contributed by atoms with E-state index in [4.69, 9.17) is 16.7 Å². The predicted octanol–water partition coefficient (Wildman–Crippen LogP) is 6.68. The van der Waals surface area contributed by atoms with Gasteiger partial charge in [-0.2, -0.15) is 10.2 Å². The van der Waals surface area contributed by atoms with Gasteiger partial charge in [0.1, 0.15) is 5.56 Å². The van der Waals surface area contributed by atoms with Gasteiger partial charge in [0.05, 0.1) is 28.6 Å². The first-order chi connectivity index (χ1) is 18.9. The molecular weight excluding hydrogens is 514 g/mol. The minimum Gasteiger partial charge on any atom is -0.267 e. The summed E-state index contributed by atoms with van der Waals surface area (Å²) in [7, 11) is 0. The largest absolute Gasteiger partial charge is 0.282 e. The van der Waals surface area contributed by atoms with Crippen molar-refractivity contribution in [3.05, 3.63) is 140 Å². The van der Waals surface area contributed by atoms with Crippen LogP contribution in [0, 0.1) is 17.0 Å². The van der Waals surface area contributed by atoms with Gasteiger partial charge in [-0.25, -0.2) is 5.43 Å². The first kappa shape index (κ1) is 25.8. The summed E-state index contributed by atoms with van der Waals surface area (Å²) in [6.45, 7) is 2.06. The average molecular weight is 538 g/mol. The topological polar surface area (TPSA) is 100 Å². The molecule has 0 aliphatic carbocycles. The molecule has 5 rings (SSSR count). The maximum Gasteiger partial charge on any atom is 0.282 e. The molecule has 1 aliphatic heterocycles. The minimum atomic E-state index is -0.656. The number of nitrogens with one attached hydrogen (secondary N) is 1. The van der Waals surface area contributed by atoms with E-state index in [1.807, 2.05) is 53.5 Å². The Kier molecular flexibility index (Phi) is 7.47. The van der Waals surface area contributed by atoms with Crippen LogP contribution in [0.5, 0.6) is 0 Å². The fourth-order valence-electron chi connectivity index (χ4n) is 4.38. The number of carbonyl (C=O) groups excluding carboxylic acids is 1. The van der Waals surface area contributed by atoms with Crippen LogP contribution >= 0.6 is 11.6 Å². The zero-order valence-electron chi connectivity index (χ0n) is 21.0. The molecule has 39 heavy (non-hydrogen) atoms. The predicted molar refractivity (Wildman–Crippen MR) is 154 cm³/mol. The number of nitro groups is 1. The Balaban J connectivity index is 1.35. The van der Waals surface area contributed by atoms with E-state index in [1.54, 1.807) is 6.07 Å². The Bertz CT molecular complexity index is 1570. The summed E-state index contributed by atoms with van der Waals surface area (Å²) in [5.74, 6) is -0.656. The van der Waals surface area contributed by atoms with Gasteiger partial charge >= 0.3 is 0 Å². The highest BCUT2D eigenvalue weighted by atomic mass is 35.5. The van der Waals surface area contributed by atoms with Crippen LogP contribution in [0.25, 0.3) is 0 Å². The Morgan fingerprint density at radius 2 is 1.72 bits per heavy atom. The highest BCUT2D eigenvalue weighted by Gasteiger charge is 2.30. The molecule has 0 spiro atoms. The molecule has 4 aromatic rings. The molecule has 1 atom stereocenters. The van der Waals surface area contributed by atoms with E-state index >= 15 is 0 Å². The summed E-state index contributed by atoms with van der Waals surface area (Å²) in [6, 6.07) is 29.5. The minimum absolute atomic E-state index is 0.000891. The Hall–Kier alpha value is -4.82. The molecule has 0 saturated carbocycles. The lowest BCUT2D eigenvalue weighted by Gasteiger charge is -2.24. The maximum absolute atomic E-state index is 12.4. The first-order valence-corrected chi connectivity index (χ1v) is 12.6. The smallest absolute Gasteiger partial charge is 0.267 e. The normalized spacial score (nSPS) is 14.9. The van der Waals surface area contributed by atoms with E-state index in [9.17, 15) is 14.9 Å². The van der Waals surface area contributed by atoms with Crippen molar-refractivity contribution in [3.63, 3.8) is 0 Å². The molecule has 9 heteroatoms. The van der Waals surface area contributed by atoms with Gasteiger partial charge in [0, 0.05) is 17.5 Å². The molecule has 0 radical (unpaired) electrons. The van der Waals surface area contributed by atoms with Gasteiger partial charge in [0.2, 0.25) is 0 Å². The highest BCUT2D eigenvalue weighted by Crippen LogP contribution is 2.37. The number of nitrogens with zero attached hydrogens (tertiary/aromatic N) is 4. The highest BCUT2D eigenvalue weighted by molar-refractivity contribution is 6.30. The number of aryl methyl sites for hydroxylation is 1. The van der Waals surface area contributed by atoms with Gasteiger partial charge in [0.25, 0.3) is 11.6 Å². The van der Waals surface area contributed by atoms with E-state index in [1.165, 1.54) is 30.0 Å². The van der Waals surface area contributed by atoms with Crippen LogP contribution in [0.2, 0.25) is 5.02 Å². The number of amides is 1. The Morgan fingerprint density at radius 3 is 2.41 bits per heavy atom. The molecular formula is C30H24ClN5O3. The fourth-order valence-corrected chi connectivity index (χ4v) is 4.50. The number of hydrogen-bond acceptors (Lipinski definition) is 6. The van der Waals surface area contributed by atoms with Gasteiger partial charge < -0.3 is 0 Å².